The molecule has 0 unspecified atom stereocenters. The van der Waals surface area contributed by atoms with E-state index in [1.54, 1.807) is 22.8 Å². The minimum absolute atomic E-state index is 0.00532. The topological polar surface area (TPSA) is 85.4 Å². The number of aromatic nitrogens is 1. The molecule has 0 bridgehead atoms. The number of aromatic hydroxyl groups is 1. The van der Waals surface area contributed by atoms with Crippen molar-refractivity contribution in [2.45, 2.75) is 32.4 Å². The van der Waals surface area contributed by atoms with Crippen LogP contribution in [0.15, 0.2) is 57.2 Å². The third-order valence-electron chi connectivity index (χ3n) is 4.74. The summed E-state index contributed by atoms with van der Waals surface area (Å²) < 4.78 is 13.9. The molecular formula is C21H20BrN3O4. The van der Waals surface area contributed by atoms with Crippen molar-refractivity contribution in [1.82, 2.24) is 4.57 Å². The normalized spacial score (nSPS) is 15.9. The molecule has 0 saturated heterocycles. The number of unbranched alkanes of at least 4 members (excludes halogenated alkanes) is 1. The molecule has 1 aromatic heterocycles. The van der Waals surface area contributed by atoms with Gasteiger partial charge in [0, 0.05) is 16.4 Å². The first kappa shape index (κ1) is 19.4. The second-order valence-corrected chi connectivity index (χ2v) is 7.66. The first-order chi connectivity index (χ1) is 14.1. The van der Waals surface area contributed by atoms with Crippen molar-refractivity contribution in [2.24, 2.45) is 10.2 Å². The van der Waals surface area contributed by atoms with Gasteiger partial charge >= 0.3 is 5.91 Å². The molecule has 2 heterocycles. The number of halogens is 1. The average Bonchev–Trinajstić information content (AvgIpc) is 3.00. The Morgan fingerprint density at radius 2 is 2.07 bits per heavy atom. The maximum atomic E-state index is 12.5. The lowest BCUT2D eigenvalue weighted by Crippen LogP contribution is -2.35. The second-order valence-electron chi connectivity index (χ2n) is 6.74. The van der Waals surface area contributed by atoms with E-state index in [1.807, 2.05) is 24.3 Å². The Morgan fingerprint density at radius 3 is 2.86 bits per heavy atom. The van der Waals surface area contributed by atoms with Crippen molar-refractivity contribution in [3.63, 3.8) is 0 Å². The van der Waals surface area contributed by atoms with Gasteiger partial charge in [-0.25, -0.2) is 0 Å². The Bertz CT molecular complexity index is 1090. The van der Waals surface area contributed by atoms with E-state index in [4.69, 9.17) is 9.47 Å². The van der Waals surface area contributed by atoms with Crippen molar-refractivity contribution in [3.05, 3.63) is 46.9 Å². The number of para-hydroxylation sites is 2. The number of nitrogens with zero attached hydrogens (tertiary/aromatic N) is 3. The smallest absolute Gasteiger partial charge is 0.308 e. The van der Waals surface area contributed by atoms with Gasteiger partial charge in [0.2, 0.25) is 12.0 Å². The van der Waals surface area contributed by atoms with Gasteiger partial charge in [0.1, 0.15) is 6.61 Å². The highest BCUT2D eigenvalue weighted by molar-refractivity contribution is 9.10. The molecule has 4 rings (SSSR count). The van der Waals surface area contributed by atoms with E-state index in [-0.39, 0.29) is 18.2 Å². The van der Waals surface area contributed by atoms with E-state index in [0.29, 0.717) is 18.0 Å². The number of benzene rings is 2. The Morgan fingerprint density at radius 1 is 1.28 bits per heavy atom. The molecular weight excluding hydrogens is 438 g/mol. The number of carbonyl (C=O) groups is 1. The molecule has 1 amide bonds. The molecule has 0 saturated carbocycles. The summed E-state index contributed by atoms with van der Waals surface area (Å²) in [7, 11) is 0. The number of hydrogen-bond acceptors (Lipinski definition) is 5. The number of aryl methyl sites for hydroxylation is 1. The summed E-state index contributed by atoms with van der Waals surface area (Å²) in [5.74, 6) is 0.517. The number of hydrogen-bond donors (Lipinski definition) is 1. The van der Waals surface area contributed by atoms with Crippen molar-refractivity contribution < 1.29 is 19.4 Å². The number of fused-ring (bicyclic) bond motifs is 2. The Kier molecular flexibility index (Phi) is 5.53. The fourth-order valence-electron chi connectivity index (χ4n) is 3.24. The first-order valence-electron chi connectivity index (χ1n) is 9.43. The molecule has 29 heavy (non-hydrogen) atoms. The van der Waals surface area contributed by atoms with E-state index in [1.165, 1.54) is 0 Å². The number of rotatable bonds is 5. The average molecular weight is 458 g/mol. The Labute approximate surface area is 176 Å². The van der Waals surface area contributed by atoms with Crippen LogP contribution in [0.5, 0.6) is 17.4 Å². The SMILES string of the molecule is CCCCn1c(O)c(N=NC(=O)[C@H]2COc3ccccc3O2)c2cc(Br)ccc21. The highest BCUT2D eigenvalue weighted by Gasteiger charge is 2.27. The first-order valence-corrected chi connectivity index (χ1v) is 10.2. The van der Waals surface area contributed by atoms with Crippen LogP contribution in [-0.2, 0) is 11.3 Å². The number of carbonyl (C=O) groups excluding carboxylic acids is 1. The second kappa shape index (κ2) is 8.24. The molecule has 1 aliphatic heterocycles. The van der Waals surface area contributed by atoms with Crippen molar-refractivity contribution in [1.29, 1.82) is 0 Å². The lowest BCUT2D eigenvalue weighted by Gasteiger charge is -2.23. The minimum atomic E-state index is -0.879. The summed E-state index contributed by atoms with van der Waals surface area (Å²) in [5, 5.41) is 19.3. The van der Waals surface area contributed by atoms with Crippen LogP contribution in [0.4, 0.5) is 5.69 Å². The largest absolute Gasteiger partial charge is 0.493 e. The van der Waals surface area contributed by atoms with Crippen LogP contribution in [0.1, 0.15) is 19.8 Å². The zero-order valence-corrected chi connectivity index (χ0v) is 17.4. The van der Waals surface area contributed by atoms with Crippen molar-refractivity contribution in [2.75, 3.05) is 6.61 Å². The van der Waals surface area contributed by atoms with Gasteiger partial charge in [0.15, 0.2) is 17.2 Å². The minimum Gasteiger partial charge on any atom is -0.493 e. The van der Waals surface area contributed by atoms with E-state index in [9.17, 15) is 9.90 Å². The van der Waals surface area contributed by atoms with Gasteiger partial charge < -0.3 is 19.1 Å². The van der Waals surface area contributed by atoms with Crippen LogP contribution in [-0.4, -0.2) is 28.3 Å². The lowest BCUT2D eigenvalue weighted by molar-refractivity contribution is -0.127. The van der Waals surface area contributed by atoms with E-state index < -0.39 is 12.0 Å². The zero-order valence-electron chi connectivity index (χ0n) is 15.8. The van der Waals surface area contributed by atoms with E-state index in [2.05, 4.69) is 33.1 Å². The molecule has 8 heteroatoms. The van der Waals surface area contributed by atoms with E-state index >= 15 is 0 Å². The van der Waals surface area contributed by atoms with Crippen LogP contribution in [0, 0.1) is 0 Å². The summed E-state index contributed by atoms with van der Waals surface area (Å²) >= 11 is 3.44. The summed E-state index contributed by atoms with van der Waals surface area (Å²) in [6.45, 7) is 2.80. The van der Waals surface area contributed by atoms with Crippen molar-refractivity contribution in [3.8, 4) is 17.4 Å². The van der Waals surface area contributed by atoms with Gasteiger partial charge in [-0.2, -0.15) is 0 Å². The maximum absolute atomic E-state index is 12.5. The van der Waals surface area contributed by atoms with Gasteiger partial charge in [-0.15, -0.1) is 10.2 Å². The molecule has 7 nitrogen and oxygen atoms in total. The number of ether oxygens (including phenoxy) is 2. The molecule has 1 N–H and O–H groups in total. The number of amides is 1. The van der Waals surface area contributed by atoms with Crippen LogP contribution >= 0.6 is 15.9 Å². The molecule has 2 aromatic carbocycles. The molecule has 0 radical (unpaired) electrons. The maximum Gasteiger partial charge on any atom is 0.308 e. The Hall–Kier alpha value is -2.87. The van der Waals surface area contributed by atoms with Gasteiger partial charge in [0.05, 0.1) is 5.52 Å². The van der Waals surface area contributed by atoms with E-state index in [0.717, 1.165) is 28.2 Å². The van der Waals surface area contributed by atoms with Crippen LogP contribution in [0.3, 0.4) is 0 Å². The predicted molar refractivity (Wildman–Crippen MR) is 112 cm³/mol. The van der Waals surface area contributed by atoms with Crippen LogP contribution < -0.4 is 9.47 Å². The Balaban J connectivity index is 1.62. The number of azo groups is 1. The molecule has 150 valence electrons. The summed E-state index contributed by atoms with van der Waals surface area (Å²) in [6.07, 6.45) is 1.03. The zero-order chi connectivity index (χ0) is 20.4. The molecule has 0 spiro atoms. The fourth-order valence-corrected chi connectivity index (χ4v) is 3.60. The molecule has 1 atom stereocenters. The quantitative estimate of drug-likeness (QED) is 0.522. The highest BCUT2D eigenvalue weighted by atomic mass is 79.9. The van der Waals surface area contributed by atoms with Crippen LogP contribution in [0.25, 0.3) is 10.9 Å². The lowest BCUT2D eigenvalue weighted by atomic mass is 10.2. The fraction of sp³-hybridized carbons (Fsp3) is 0.286. The van der Waals surface area contributed by atoms with Crippen LogP contribution in [0.2, 0.25) is 0 Å². The predicted octanol–water partition coefficient (Wildman–Crippen LogP) is 5.36. The monoisotopic (exact) mass is 457 g/mol. The van der Waals surface area contributed by atoms with Gasteiger partial charge in [-0.1, -0.05) is 41.4 Å². The van der Waals surface area contributed by atoms with Gasteiger partial charge in [0.25, 0.3) is 0 Å². The van der Waals surface area contributed by atoms with Gasteiger partial charge in [-0.05, 0) is 36.8 Å². The summed E-state index contributed by atoms with van der Waals surface area (Å²) in [5.41, 5.74) is 1.11. The molecule has 0 aliphatic carbocycles. The standard InChI is InChI=1S/C21H20BrN3O4/c1-2-3-10-25-15-9-8-13(22)11-14(15)19(21(25)27)23-24-20(26)18-12-28-16-6-4-5-7-17(16)29-18/h4-9,11,18,27H,2-3,10,12H2,1H3/t18-/m1/s1. The third-order valence-corrected chi connectivity index (χ3v) is 5.23. The van der Waals surface area contributed by atoms with Crippen molar-refractivity contribution >= 4 is 38.4 Å². The molecule has 0 fully saturated rings. The van der Waals surface area contributed by atoms with Gasteiger partial charge in [-0.3, -0.25) is 4.79 Å². The summed E-state index contributed by atoms with van der Waals surface area (Å²) in [6, 6.07) is 12.8. The molecule has 3 aromatic rings. The third kappa shape index (κ3) is 3.85. The highest BCUT2D eigenvalue weighted by Crippen LogP contribution is 2.40. The molecule has 1 aliphatic rings. The summed E-state index contributed by atoms with van der Waals surface area (Å²) in [4.78, 5) is 12.5.